The number of fused-ring (bicyclic) bond motifs is 6. The van der Waals surface area contributed by atoms with Gasteiger partial charge >= 0.3 is 11.8 Å². The number of amides is 1. The van der Waals surface area contributed by atoms with Crippen LogP contribution in [-0.4, -0.2) is 43.9 Å². The van der Waals surface area contributed by atoms with Crippen LogP contribution in [0.15, 0.2) is 35.3 Å². The fourth-order valence-electron chi connectivity index (χ4n) is 4.41. The number of pyridine rings is 1. The normalized spacial score (nSPS) is 19.6. The van der Waals surface area contributed by atoms with Crippen LogP contribution in [0.25, 0.3) is 21.3 Å². The van der Waals surface area contributed by atoms with Crippen molar-refractivity contribution in [2.45, 2.75) is 18.5 Å². The van der Waals surface area contributed by atoms with Crippen molar-refractivity contribution in [2.75, 3.05) is 13.7 Å². The van der Waals surface area contributed by atoms with Gasteiger partial charge in [-0.15, -0.1) is 4.98 Å². The van der Waals surface area contributed by atoms with E-state index in [4.69, 9.17) is 11.3 Å². The molecule has 0 radical (unpaired) electrons. The minimum Gasteiger partial charge on any atom is -0.493 e. The molecule has 0 spiro atoms. The van der Waals surface area contributed by atoms with E-state index in [0.717, 1.165) is 0 Å². The van der Waals surface area contributed by atoms with Gasteiger partial charge < -0.3 is 14.7 Å². The average molecular weight is 377 g/mol. The third-order valence-electron chi connectivity index (χ3n) is 5.57. The predicted octanol–water partition coefficient (Wildman–Crippen LogP) is 2.51. The molecule has 0 aliphatic carbocycles. The molecule has 2 bridgehead atoms. The standard InChI is InChI=1S/C19H15N5O4/c1-20-16-12-6-4-3-5-11(12)14(8-21-16)24-17(25)15-13-7-10(23(15)18(24)26)9-22(13)19(27)28-2/h3-6,8,10,13,25H,7,9H2,2H3/t10?,13-/m1/s1. The topological polar surface area (TPSA) is 94.0 Å². The van der Waals surface area contributed by atoms with E-state index in [1.54, 1.807) is 28.8 Å². The molecular formula is C19H15N5O4. The van der Waals surface area contributed by atoms with E-state index < -0.39 is 12.1 Å². The minimum absolute atomic E-state index is 0.208. The number of aromatic nitrogens is 3. The Hall–Kier alpha value is -3.80. The van der Waals surface area contributed by atoms with Crippen LogP contribution in [0.4, 0.5) is 10.6 Å². The van der Waals surface area contributed by atoms with Crippen molar-refractivity contribution in [3.63, 3.8) is 0 Å². The molecule has 28 heavy (non-hydrogen) atoms. The fourth-order valence-corrected chi connectivity index (χ4v) is 4.41. The zero-order valence-electron chi connectivity index (χ0n) is 14.9. The van der Waals surface area contributed by atoms with Gasteiger partial charge in [-0.05, 0) is 6.42 Å². The molecule has 1 amide bonds. The van der Waals surface area contributed by atoms with E-state index in [2.05, 4.69) is 9.83 Å². The molecule has 3 aromatic rings. The highest BCUT2D eigenvalue weighted by Crippen LogP contribution is 2.49. The quantitative estimate of drug-likeness (QED) is 0.658. The van der Waals surface area contributed by atoms with Gasteiger partial charge in [0.1, 0.15) is 17.6 Å². The lowest BCUT2D eigenvalue weighted by atomic mass is 10.1. The number of methoxy groups -OCH3 is 1. The zero-order chi connectivity index (χ0) is 19.6. The van der Waals surface area contributed by atoms with Crippen molar-refractivity contribution >= 4 is 22.7 Å². The van der Waals surface area contributed by atoms with E-state index in [-0.39, 0.29) is 23.4 Å². The van der Waals surface area contributed by atoms with Crippen LogP contribution in [0.5, 0.6) is 5.88 Å². The number of carbonyl (C=O) groups is 1. The van der Waals surface area contributed by atoms with Crippen molar-refractivity contribution in [1.29, 1.82) is 0 Å². The van der Waals surface area contributed by atoms with E-state index in [9.17, 15) is 14.7 Å². The minimum atomic E-state index is -0.480. The van der Waals surface area contributed by atoms with Gasteiger partial charge in [-0.25, -0.2) is 14.2 Å². The lowest BCUT2D eigenvalue weighted by molar-refractivity contribution is 0.112. The van der Waals surface area contributed by atoms with Crippen molar-refractivity contribution < 1.29 is 14.6 Å². The number of nitrogens with zero attached hydrogens (tertiary/aromatic N) is 5. The molecule has 9 nitrogen and oxygen atoms in total. The molecule has 0 saturated carbocycles. The first-order chi connectivity index (χ1) is 13.6. The number of hydrogen-bond donors (Lipinski definition) is 1. The average Bonchev–Trinajstić information content (AvgIpc) is 3.38. The largest absolute Gasteiger partial charge is 0.493 e. The molecule has 1 saturated heterocycles. The molecular weight excluding hydrogens is 362 g/mol. The van der Waals surface area contributed by atoms with Gasteiger partial charge in [0.25, 0.3) is 5.82 Å². The molecule has 2 aliphatic rings. The molecule has 9 heteroatoms. The summed E-state index contributed by atoms with van der Waals surface area (Å²) in [5.41, 5.74) is 0.424. The summed E-state index contributed by atoms with van der Waals surface area (Å²) in [6.07, 6.45) is 1.52. The van der Waals surface area contributed by atoms with Crippen LogP contribution in [0.2, 0.25) is 0 Å². The number of rotatable bonds is 1. The number of ether oxygens (including phenoxy) is 1. The molecule has 5 rings (SSSR count). The second-order valence-corrected chi connectivity index (χ2v) is 6.85. The Labute approximate surface area is 158 Å². The summed E-state index contributed by atoms with van der Waals surface area (Å²) in [5, 5.41) is 12.2. The molecule has 2 aliphatic heterocycles. The van der Waals surface area contributed by atoms with E-state index >= 15 is 0 Å². The van der Waals surface area contributed by atoms with Crippen LogP contribution >= 0.6 is 0 Å². The highest BCUT2D eigenvalue weighted by molar-refractivity contribution is 5.97. The summed E-state index contributed by atoms with van der Waals surface area (Å²) in [4.78, 5) is 34.3. The van der Waals surface area contributed by atoms with Crippen LogP contribution in [-0.2, 0) is 4.74 Å². The number of hydrogen-bond acceptors (Lipinski definition) is 5. The van der Waals surface area contributed by atoms with Crippen LogP contribution < -0.4 is 5.69 Å². The Morgan fingerprint density at radius 2 is 2.11 bits per heavy atom. The maximum atomic E-state index is 13.2. The zero-order valence-corrected chi connectivity index (χ0v) is 14.9. The monoisotopic (exact) mass is 377 g/mol. The first-order valence-corrected chi connectivity index (χ1v) is 8.73. The van der Waals surface area contributed by atoms with Crippen LogP contribution in [0.1, 0.15) is 24.2 Å². The first-order valence-electron chi connectivity index (χ1n) is 8.73. The number of carbonyl (C=O) groups excluding carboxylic acids is 1. The number of likely N-dealkylation sites (tertiary alicyclic amines) is 1. The molecule has 1 aromatic carbocycles. The summed E-state index contributed by atoms with van der Waals surface area (Å²) in [5.74, 6) is 0.0178. The number of imidazole rings is 1. The SMILES string of the molecule is [C-]#[N+]c1ncc(-n2c(O)c3n(c2=O)C2C[C@H]3N(C(=O)OC)C2)c2ccccc12. The lowest BCUT2D eigenvalue weighted by Crippen LogP contribution is -2.37. The second kappa shape index (κ2) is 5.60. The van der Waals surface area contributed by atoms with Gasteiger partial charge in [0.2, 0.25) is 5.88 Å². The summed E-state index contributed by atoms with van der Waals surface area (Å²) in [6.45, 7) is 7.66. The summed E-state index contributed by atoms with van der Waals surface area (Å²) < 4.78 is 7.58. The highest BCUT2D eigenvalue weighted by atomic mass is 16.5. The van der Waals surface area contributed by atoms with Crippen LogP contribution in [0.3, 0.4) is 0 Å². The Bertz CT molecular complexity index is 1250. The Kier molecular flexibility index (Phi) is 3.27. The molecule has 2 atom stereocenters. The Balaban J connectivity index is 1.74. The van der Waals surface area contributed by atoms with Gasteiger partial charge in [0.15, 0.2) is 0 Å². The van der Waals surface area contributed by atoms with Gasteiger partial charge in [0, 0.05) is 17.3 Å². The second-order valence-electron chi connectivity index (χ2n) is 6.85. The third-order valence-corrected chi connectivity index (χ3v) is 5.57. The van der Waals surface area contributed by atoms with Gasteiger partial charge in [0.05, 0.1) is 19.2 Å². The highest BCUT2D eigenvalue weighted by Gasteiger charge is 2.49. The lowest BCUT2D eigenvalue weighted by Gasteiger charge is -2.26. The molecule has 2 aromatic heterocycles. The molecule has 1 unspecified atom stereocenters. The maximum absolute atomic E-state index is 13.2. The summed E-state index contributed by atoms with van der Waals surface area (Å²) >= 11 is 0. The molecule has 140 valence electrons. The van der Waals surface area contributed by atoms with Gasteiger partial charge in [-0.1, -0.05) is 30.8 Å². The van der Waals surface area contributed by atoms with Crippen molar-refractivity contribution in [3.05, 3.63) is 58.1 Å². The molecule has 4 heterocycles. The van der Waals surface area contributed by atoms with Crippen molar-refractivity contribution in [1.82, 2.24) is 19.0 Å². The van der Waals surface area contributed by atoms with Crippen LogP contribution in [0, 0.1) is 6.57 Å². The first kappa shape index (κ1) is 16.4. The van der Waals surface area contributed by atoms with Gasteiger partial charge in [-0.3, -0.25) is 9.47 Å². The molecule has 1 N–H and O–H groups in total. The fraction of sp³-hybridized carbons (Fsp3) is 0.263. The van der Waals surface area contributed by atoms with E-state index in [1.807, 2.05) is 0 Å². The maximum Gasteiger partial charge on any atom is 0.410 e. The van der Waals surface area contributed by atoms with Crippen molar-refractivity contribution in [3.8, 4) is 11.6 Å². The summed E-state index contributed by atoms with van der Waals surface area (Å²) in [6, 6.07) is 6.51. The van der Waals surface area contributed by atoms with Gasteiger partial charge in [-0.2, -0.15) is 0 Å². The van der Waals surface area contributed by atoms with Crippen molar-refractivity contribution in [2.24, 2.45) is 0 Å². The number of benzene rings is 1. The van der Waals surface area contributed by atoms with E-state index in [0.29, 0.717) is 35.1 Å². The predicted molar refractivity (Wildman–Crippen MR) is 98.8 cm³/mol. The summed E-state index contributed by atoms with van der Waals surface area (Å²) in [7, 11) is 1.31. The third kappa shape index (κ3) is 1.91. The smallest absolute Gasteiger partial charge is 0.410 e. The van der Waals surface area contributed by atoms with E-state index in [1.165, 1.54) is 22.8 Å². The molecule has 1 fully saturated rings. The Morgan fingerprint density at radius 1 is 1.36 bits per heavy atom. The Morgan fingerprint density at radius 3 is 2.82 bits per heavy atom. The number of aromatic hydroxyl groups is 1.